The highest BCUT2D eigenvalue weighted by molar-refractivity contribution is 14.0. The molecule has 0 unspecified atom stereocenters. The van der Waals surface area contributed by atoms with E-state index in [0.29, 0.717) is 10.8 Å². The molecule has 2 fully saturated rings. The lowest BCUT2D eigenvalue weighted by Gasteiger charge is -2.41. The summed E-state index contributed by atoms with van der Waals surface area (Å²) in [6.45, 7) is 6.87. The molecular weight excluding hydrogens is 345 g/mol. The van der Waals surface area contributed by atoms with Crippen molar-refractivity contribution < 1.29 is 0 Å². The van der Waals surface area contributed by atoms with Crippen LogP contribution in [0.2, 0.25) is 0 Å². The first kappa shape index (κ1) is 15.4. The van der Waals surface area contributed by atoms with Crippen molar-refractivity contribution in [2.45, 2.75) is 43.9 Å². The van der Waals surface area contributed by atoms with Crippen molar-refractivity contribution >= 4 is 41.7 Å². The van der Waals surface area contributed by atoms with E-state index in [4.69, 9.17) is 0 Å². The molecule has 0 amide bonds. The van der Waals surface area contributed by atoms with E-state index in [9.17, 15) is 0 Å². The van der Waals surface area contributed by atoms with Gasteiger partial charge in [-0.05, 0) is 33.1 Å². The van der Waals surface area contributed by atoms with Gasteiger partial charge in [0.1, 0.15) is 0 Å². The summed E-state index contributed by atoms with van der Waals surface area (Å²) in [5.74, 6) is 2.32. The Kier molecular flexibility index (Phi) is 5.89. The molecule has 1 heterocycles. The average Bonchev–Trinajstić information content (AvgIpc) is 2.14. The van der Waals surface area contributed by atoms with Crippen molar-refractivity contribution in [3.8, 4) is 0 Å². The molecule has 3 nitrogen and oxygen atoms in total. The summed E-state index contributed by atoms with van der Waals surface area (Å²) in [6, 6.07) is 0.677. The first-order chi connectivity index (χ1) is 7.61. The molecule has 1 saturated carbocycles. The molecule has 1 aliphatic carbocycles. The van der Waals surface area contributed by atoms with E-state index in [1.165, 1.54) is 25.0 Å². The van der Waals surface area contributed by atoms with Crippen LogP contribution in [-0.4, -0.2) is 47.5 Å². The summed E-state index contributed by atoms with van der Waals surface area (Å²) in [6.07, 6.45) is 3.99. The number of nitrogens with zero attached hydrogens (tertiary/aromatic N) is 2. The summed E-state index contributed by atoms with van der Waals surface area (Å²) in [5, 5.41) is 3.58. The molecule has 0 radical (unpaired) electrons. The van der Waals surface area contributed by atoms with Gasteiger partial charge in [0, 0.05) is 36.7 Å². The number of hydrogen-bond donors (Lipinski definition) is 1. The van der Waals surface area contributed by atoms with Crippen molar-refractivity contribution in [3.63, 3.8) is 0 Å². The SMILES string of the molecule is CN=C(NC1CCC1)N1CCSC(C)(C)C1.I. The number of rotatable bonds is 1. The minimum Gasteiger partial charge on any atom is -0.354 e. The quantitative estimate of drug-likeness (QED) is 0.437. The van der Waals surface area contributed by atoms with Gasteiger partial charge in [0.25, 0.3) is 0 Å². The monoisotopic (exact) mass is 369 g/mol. The zero-order valence-corrected chi connectivity index (χ0v) is 14.2. The zero-order chi connectivity index (χ0) is 11.6. The molecule has 0 aromatic heterocycles. The number of nitrogens with one attached hydrogen (secondary N) is 1. The van der Waals surface area contributed by atoms with Crippen LogP contribution in [0.1, 0.15) is 33.1 Å². The van der Waals surface area contributed by atoms with Gasteiger partial charge in [-0.1, -0.05) is 0 Å². The first-order valence-corrected chi connectivity index (χ1v) is 7.21. The Hall–Kier alpha value is 0.350. The van der Waals surface area contributed by atoms with Crippen molar-refractivity contribution in [1.82, 2.24) is 10.2 Å². The molecular formula is C12H24IN3S. The molecule has 0 spiro atoms. The van der Waals surface area contributed by atoms with Crippen molar-refractivity contribution in [2.24, 2.45) is 4.99 Å². The maximum atomic E-state index is 4.42. The number of thioether (sulfide) groups is 1. The molecule has 100 valence electrons. The zero-order valence-electron chi connectivity index (χ0n) is 11.0. The third-order valence-corrected chi connectivity index (χ3v) is 4.67. The van der Waals surface area contributed by atoms with Gasteiger partial charge in [-0.3, -0.25) is 4.99 Å². The minimum absolute atomic E-state index is 0. The number of aliphatic imine (C=N–C) groups is 1. The smallest absolute Gasteiger partial charge is 0.193 e. The Balaban J connectivity index is 0.00000144. The second-order valence-corrected chi connectivity index (χ2v) is 7.15. The van der Waals surface area contributed by atoms with Gasteiger partial charge in [0.15, 0.2) is 5.96 Å². The van der Waals surface area contributed by atoms with Crippen LogP contribution in [0.3, 0.4) is 0 Å². The van der Waals surface area contributed by atoms with Gasteiger partial charge in [-0.15, -0.1) is 24.0 Å². The Labute approximate surface area is 126 Å². The van der Waals surface area contributed by atoms with Crippen LogP contribution in [0.15, 0.2) is 4.99 Å². The fourth-order valence-corrected chi connectivity index (χ4v) is 3.34. The van der Waals surface area contributed by atoms with Gasteiger partial charge in [0.05, 0.1) is 0 Å². The summed E-state index contributed by atoms with van der Waals surface area (Å²) >= 11 is 2.07. The largest absolute Gasteiger partial charge is 0.354 e. The Morgan fingerprint density at radius 2 is 2.12 bits per heavy atom. The van der Waals surface area contributed by atoms with Gasteiger partial charge >= 0.3 is 0 Å². The van der Waals surface area contributed by atoms with E-state index in [2.05, 4.69) is 40.8 Å². The second kappa shape index (κ2) is 6.50. The molecule has 2 aliphatic rings. The van der Waals surface area contributed by atoms with Gasteiger partial charge < -0.3 is 10.2 Å². The Morgan fingerprint density at radius 1 is 1.41 bits per heavy atom. The molecule has 1 aliphatic heterocycles. The lowest BCUT2D eigenvalue weighted by molar-refractivity contribution is 0.334. The van der Waals surface area contributed by atoms with Gasteiger partial charge in [-0.2, -0.15) is 11.8 Å². The number of guanidine groups is 1. The van der Waals surface area contributed by atoms with E-state index >= 15 is 0 Å². The molecule has 0 aromatic rings. The summed E-state index contributed by atoms with van der Waals surface area (Å²) in [7, 11) is 1.90. The Morgan fingerprint density at radius 3 is 2.59 bits per heavy atom. The predicted octanol–water partition coefficient (Wildman–Crippen LogP) is 2.56. The fourth-order valence-electron chi connectivity index (χ4n) is 2.23. The van der Waals surface area contributed by atoms with E-state index in [0.717, 1.165) is 19.0 Å². The molecule has 1 saturated heterocycles. The molecule has 0 bridgehead atoms. The highest BCUT2D eigenvalue weighted by Crippen LogP contribution is 2.29. The second-order valence-electron chi connectivity index (χ2n) is 5.35. The van der Waals surface area contributed by atoms with Gasteiger partial charge in [0.2, 0.25) is 0 Å². The number of halogens is 1. The minimum atomic E-state index is 0. The van der Waals surface area contributed by atoms with E-state index < -0.39 is 0 Å². The molecule has 0 aromatic carbocycles. The van der Waals surface area contributed by atoms with Crippen LogP contribution in [0, 0.1) is 0 Å². The maximum Gasteiger partial charge on any atom is 0.193 e. The summed E-state index contributed by atoms with van der Waals surface area (Å²) in [4.78, 5) is 6.83. The lowest BCUT2D eigenvalue weighted by atomic mass is 9.93. The topological polar surface area (TPSA) is 27.6 Å². The van der Waals surface area contributed by atoms with Crippen molar-refractivity contribution in [1.29, 1.82) is 0 Å². The number of hydrogen-bond acceptors (Lipinski definition) is 2. The molecule has 1 N–H and O–H groups in total. The van der Waals surface area contributed by atoms with E-state index in [1.54, 1.807) is 0 Å². The van der Waals surface area contributed by atoms with E-state index in [-0.39, 0.29) is 24.0 Å². The van der Waals surface area contributed by atoms with Crippen LogP contribution in [0.5, 0.6) is 0 Å². The molecule has 5 heteroatoms. The van der Waals surface area contributed by atoms with E-state index in [1.807, 2.05) is 7.05 Å². The standard InChI is InChI=1S/C12H23N3S.HI/c1-12(2)9-15(7-8-16-12)11(13-3)14-10-5-4-6-10;/h10H,4-9H2,1-3H3,(H,13,14);1H. The van der Waals surface area contributed by atoms with Crippen LogP contribution in [0.25, 0.3) is 0 Å². The highest BCUT2D eigenvalue weighted by Gasteiger charge is 2.30. The van der Waals surface area contributed by atoms with Crippen LogP contribution >= 0.6 is 35.7 Å². The Bertz CT molecular complexity index is 277. The van der Waals surface area contributed by atoms with Crippen LogP contribution in [0.4, 0.5) is 0 Å². The first-order valence-electron chi connectivity index (χ1n) is 6.23. The normalized spacial score (nSPS) is 24.9. The van der Waals surface area contributed by atoms with Crippen LogP contribution in [-0.2, 0) is 0 Å². The third-order valence-electron chi connectivity index (χ3n) is 3.38. The summed E-state index contributed by atoms with van der Waals surface area (Å²) < 4.78 is 0.357. The fraction of sp³-hybridized carbons (Fsp3) is 0.917. The predicted molar refractivity (Wildman–Crippen MR) is 87.7 cm³/mol. The van der Waals surface area contributed by atoms with Gasteiger partial charge in [-0.25, -0.2) is 0 Å². The molecule has 2 rings (SSSR count). The molecule has 17 heavy (non-hydrogen) atoms. The maximum absolute atomic E-state index is 4.42. The lowest BCUT2D eigenvalue weighted by Crippen LogP contribution is -2.54. The summed E-state index contributed by atoms with van der Waals surface area (Å²) in [5.41, 5.74) is 0. The van der Waals surface area contributed by atoms with Crippen molar-refractivity contribution in [3.05, 3.63) is 0 Å². The third kappa shape index (κ3) is 4.19. The molecule has 0 atom stereocenters. The van der Waals surface area contributed by atoms with Crippen LogP contribution < -0.4 is 5.32 Å². The van der Waals surface area contributed by atoms with Crippen molar-refractivity contribution in [2.75, 3.05) is 25.9 Å². The average molecular weight is 369 g/mol. The highest BCUT2D eigenvalue weighted by atomic mass is 127.